The van der Waals surface area contributed by atoms with Crippen LogP contribution in [0.5, 0.6) is 0 Å². The molecule has 0 atom stereocenters. The Kier molecular flexibility index (Phi) is 4.65. The van der Waals surface area contributed by atoms with Crippen molar-refractivity contribution >= 4 is 0 Å². The minimum atomic E-state index is 0. The Morgan fingerprint density at radius 2 is 1.70 bits per heavy atom. The van der Waals surface area contributed by atoms with Crippen LogP contribution in [0.1, 0.15) is 26.7 Å². The molecule has 0 aromatic heterocycles. The molecule has 1 fully saturated rings. The van der Waals surface area contributed by atoms with Crippen LogP contribution in [0, 0.1) is 11.8 Å². The third-order valence-corrected chi connectivity index (χ3v) is 2.33. The van der Waals surface area contributed by atoms with Crippen molar-refractivity contribution < 1.29 is 5.48 Å². The molecule has 2 nitrogen and oxygen atoms in total. The summed E-state index contributed by atoms with van der Waals surface area (Å²) in [5.74, 6) is 1.89. The third kappa shape index (κ3) is 2.67. The van der Waals surface area contributed by atoms with Gasteiger partial charge in [-0.15, -0.1) is 0 Å². The van der Waals surface area contributed by atoms with Crippen molar-refractivity contribution in [3.05, 3.63) is 0 Å². The normalized spacial score (nSPS) is 20.7. The minimum absolute atomic E-state index is 0. The predicted molar refractivity (Wildman–Crippen MR) is 44.0 cm³/mol. The summed E-state index contributed by atoms with van der Waals surface area (Å²) in [6.07, 6.45) is 2.77. The molecular weight excluding hydrogens is 126 g/mol. The smallest absolute Gasteiger partial charge is 0.00462 e. The molecule has 3 N–H and O–H groups in total. The summed E-state index contributed by atoms with van der Waals surface area (Å²) < 4.78 is 0. The van der Waals surface area contributed by atoms with Gasteiger partial charge in [0.05, 0.1) is 0 Å². The standard InChI is InChI=1S/C8H17N.H2O/c1-7(2)8-3-5-9-6-4-8;/h7-9H,3-6H2,1-2H3;1H2. The first-order chi connectivity index (χ1) is 4.30. The number of hydrogen-bond acceptors (Lipinski definition) is 1. The number of rotatable bonds is 1. The average molecular weight is 145 g/mol. The van der Waals surface area contributed by atoms with Crippen LogP contribution in [0.25, 0.3) is 0 Å². The van der Waals surface area contributed by atoms with E-state index in [9.17, 15) is 0 Å². The van der Waals surface area contributed by atoms with Crippen molar-refractivity contribution in [1.29, 1.82) is 0 Å². The summed E-state index contributed by atoms with van der Waals surface area (Å²) in [5.41, 5.74) is 0. The van der Waals surface area contributed by atoms with Crippen LogP contribution in [0.2, 0.25) is 0 Å². The molecular formula is C8H19NO. The van der Waals surface area contributed by atoms with Crippen molar-refractivity contribution in [3.63, 3.8) is 0 Å². The molecule has 0 radical (unpaired) electrons. The van der Waals surface area contributed by atoms with Crippen LogP contribution in [-0.4, -0.2) is 18.6 Å². The molecule has 62 valence electrons. The second-order valence-corrected chi connectivity index (χ2v) is 3.33. The maximum absolute atomic E-state index is 3.37. The highest BCUT2D eigenvalue weighted by Crippen LogP contribution is 2.20. The van der Waals surface area contributed by atoms with Gasteiger partial charge in [-0.3, -0.25) is 0 Å². The highest BCUT2D eigenvalue weighted by molar-refractivity contribution is 4.70. The highest BCUT2D eigenvalue weighted by atomic mass is 16.0. The van der Waals surface area contributed by atoms with Crippen LogP contribution in [-0.2, 0) is 0 Å². The van der Waals surface area contributed by atoms with Crippen LogP contribution in [0.3, 0.4) is 0 Å². The van der Waals surface area contributed by atoms with Gasteiger partial charge in [-0.1, -0.05) is 13.8 Å². The fraction of sp³-hybridized carbons (Fsp3) is 1.00. The monoisotopic (exact) mass is 145 g/mol. The Hall–Kier alpha value is -0.0800. The Bertz CT molecular complexity index is 77.3. The molecule has 0 saturated carbocycles. The van der Waals surface area contributed by atoms with Gasteiger partial charge in [0.2, 0.25) is 0 Å². The molecule has 1 heterocycles. The Morgan fingerprint density at radius 1 is 1.20 bits per heavy atom. The van der Waals surface area contributed by atoms with Gasteiger partial charge in [-0.05, 0) is 37.8 Å². The molecule has 0 aromatic rings. The van der Waals surface area contributed by atoms with Gasteiger partial charge in [0, 0.05) is 0 Å². The quantitative estimate of drug-likeness (QED) is 0.583. The van der Waals surface area contributed by atoms with E-state index in [1.165, 1.54) is 25.9 Å². The average Bonchev–Trinajstić information content (AvgIpc) is 1.90. The van der Waals surface area contributed by atoms with Gasteiger partial charge in [0.15, 0.2) is 0 Å². The van der Waals surface area contributed by atoms with Crippen LogP contribution in [0.15, 0.2) is 0 Å². The Balaban J connectivity index is 0.000000810. The molecule has 1 rings (SSSR count). The van der Waals surface area contributed by atoms with Gasteiger partial charge in [0.1, 0.15) is 0 Å². The van der Waals surface area contributed by atoms with Crippen molar-refractivity contribution in [2.45, 2.75) is 26.7 Å². The summed E-state index contributed by atoms with van der Waals surface area (Å²) >= 11 is 0. The summed E-state index contributed by atoms with van der Waals surface area (Å²) in [5, 5.41) is 3.37. The fourth-order valence-electron chi connectivity index (χ4n) is 1.51. The van der Waals surface area contributed by atoms with Crippen molar-refractivity contribution in [1.82, 2.24) is 5.32 Å². The van der Waals surface area contributed by atoms with E-state index in [-0.39, 0.29) is 5.48 Å². The lowest BCUT2D eigenvalue weighted by Gasteiger charge is -2.25. The molecule has 0 amide bonds. The van der Waals surface area contributed by atoms with Gasteiger partial charge in [-0.2, -0.15) is 0 Å². The molecule has 2 heteroatoms. The lowest BCUT2D eigenvalue weighted by Crippen LogP contribution is -2.29. The zero-order valence-electron chi connectivity index (χ0n) is 6.98. The van der Waals surface area contributed by atoms with Crippen LogP contribution >= 0.6 is 0 Å². The van der Waals surface area contributed by atoms with E-state index < -0.39 is 0 Å². The van der Waals surface area contributed by atoms with Crippen LogP contribution < -0.4 is 5.32 Å². The molecule has 1 aliphatic rings. The van der Waals surface area contributed by atoms with Gasteiger partial charge in [-0.25, -0.2) is 0 Å². The number of nitrogens with one attached hydrogen (secondary N) is 1. The van der Waals surface area contributed by atoms with Gasteiger partial charge < -0.3 is 10.8 Å². The number of piperidine rings is 1. The molecule has 0 aliphatic carbocycles. The zero-order valence-corrected chi connectivity index (χ0v) is 6.98. The van der Waals surface area contributed by atoms with E-state index in [0.29, 0.717) is 0 Å². The van der Waals surface area contributed by atoms with Crippen molar-refractivity contribution in [3.8, 4) is 0 Å². The van der Waals surface area contributed by atoms with E-state index in [2.05, 4.69) is 19.2 Å². The van der Waals surface area contributed by atoms with Gasteiger partial charge >= 0.3 is 0 Å². The summed E-state index contributed by atoms with van der Waals surface area (Å²) in [6, 6.07) is 0. The summed E-state index contributed by atoms with van der Waals surface area (Å²) in [7, 11) is 0. The first kappa shape index (κ1) is 9.92. The second kappa shape index (κ2) is 4.69. The predicted octanol–water partition coefficient (Wildman–Crippen LogP) is 0.817. The lowest BCUT2D eigenvalue weighted by atomic mass is 9.87. The fourth-order valence-corrected chi connectivity index (χ4v) is 1.51. The summed E-state index contributed by atoms with van der Waals surface area (Å²) in [6.45, 7) is 7.14. The largest absolute Gasteiger partial charge is 0.412 e. The molecule has 1 aliphatic heterocycles. The van der Waals surface area contributed by atoms with Crippen LogP contribution in [0.4, 0.5) is 0 Å². The van der Waals surface area contributed by atoms with E-state index in [1.54, 1.807) is 0 Å². The Labute approximate surface area is 63.3 Å². The molecule has 0 spiro atoms. The van der Waals surface area contributed by atoms with E-state index in [1.807, 2.05) is 0 Å². The molecule has 0 aromatic carbocycles. The first-order valence-electron chi connectivity index (χ1n) is 4.01. The minimum Gasteiger partial charge on any atom is -0.412 e. The molecule has 0 bridgehead atoms. The van der Waals surface area contributed by atoms with E-state index in [4.69, 9.17) is 0 Å². The third-order valence-electron chi connectivity index (χ3n) is 2.33. The lowest BCUT2D eigenvalue weighted by molar-refractivity contribution is 0.292. The number of hydrogen-bond donors (Lipinski definition) is 1. The molecule has 1 saturated heterocycles. The maximum atomic E-state index is 3.37. The van der Waals surface area contributed by atoms with Crippen molar-refractivity contribution in [2.24, 2.45) is 11.8 Å². The Morgan fingerprint density at radius 3 is 2.00 bits per heavy atom. The first-order valence-corrected chi connectivity index (χ1v) is 4.01. The van der Waals surface area contributed by atoms with E-state index >= 15 is 0 Å². The van der Waals surface area contributed by atoms with Crippen molar-refractivity contribution in [2.75, 3.05) is 13.1 Å². The second-order valence-electron chi connectivity index (χ2n) is 3.33. The summed E-state index contributed by atoms with van der Waals surface area (Å²) in [4.78, 5) is 0. The SMILES string of the molecule is CC(C)C1CCNCC1.O. The highest BCUT2D eigenvalue weighted by Gasteiger charge is 2.15. The maximum Gasteiger partial charge on any atom is -0.00462 e. The van der Waals surface area contributed by atoms with Gasteiger partial charge in [0.25, 0.3) is 0 Å². The topological polar surface area (TPSA) is 43.5 Å². The zero-order chi connectivity index (χ0) is 6.69. The molecule has 10 heavy (non-hydrogen) atoms. The van der Waals surface area contributed by atoms with E-state index in [0.717, 1.165) is 11.8 Å². The molecule has 0 unspecified atom stereocenters.